The Kier molecular flexibility index (Phi) is 5.80. The molecular formula is C16H28N2. The molecule has 0 aliphatic heterocycles. The molecule has 1 heterocycles. The quantitative estimate of drug-likeness (QED) is 0.813. The molecule has 1 rings (SSSR count). The van der Waals surface area contributed by atoms with Crippen LogP contribution in [-0.4, -0.2) is 11.5 Å². The first-order valence-corrected chi connectivity index (χ1v) is 7.09. The van der Waals surface area contributed by atoms with Crippen molar-refractivity contribution in [3.8, 4) is 0 Å². The Labute approximate surface area is 112 Å². The highest BCUT2D eigenvalue weighted by Crippen LogP contribution is 2.26. The molecule has 0 aliphatic rings. The van der Waals surface area contributed by atoms with Gasteiger partial charge in [-0.1, -0.05) is 33.8 Å². The van der Waals surface area contributed by atoms with E-state index in [0.29, 0.717) is 11.5 Å². The van der Waals surface area contributed by atoms with Crippen molar-refractivity contribution in [3.63, 3.8) is 0 Å². The lowest BCUT2D eigenvalue weighted by Gasteiger charge is -2.24. The Morgan fingerprint density at radius 3 is 2.56 bits per heavy atom. The maximum absolute atomic E-state index is 4.66. The van der Waals surface area contributed by atoms with E-state index in [9.17, 15) is 0 Å². The summed E-state index contributed by atoms with van der Waals surface area (Å²) < 4.78 is 0. The smallest absolute Gasteiger partial charge is 0.0576 e. The molecule has 2 heteroatoms. The standard InChI is InChI=1S/C16H28N2/c1-6-12-17-14(10-11-16(3,4)5)15-9-7-8-13(2)18-15/h7-9,14,17H,6,10-12H2,1-5H3. The summed E-state index contributed by atoms with van der Waals surface area (Å²) in [5.41, 5.74) is 2.68. The second-order valence-corrected chi connectivity index (χ2v) is 6.31. The van der Waals surface area contributed by atoms with Crippen LogP contribution in [-0.2, 0) is 0 Å². The van der Waals surface area contributed by atoms with Crippen LogP contribution < -0.4 is 5.32 Å². The predicted molar refractivity (Wildman–Crippen MR) is 78.7 cm³/mol. The third-order valence-corrected chi connectivity index (χ3v) is 3.09. The van der Waals surface area contributed by atoms with Gasteiger partial charge in [-0.3, -0.25) is 4.98 Å². The summed E-state index contributed by atoms with van der Waals surface area (Å²) >= 11 is 0. The molecule has 102 valence electrons. The number of pyridine rings is 1. The Hall–Kier alpha value is -0.890. The van der Waals surface area contributed by atoms with E-state index in [4.69, 9.17) is 0 Å². The maximum Gasteiger partial charge on any atom is 0.0576 e. The van der Waals surface area contributed by atoms with E-state index in [-0.39, 0.29) is 0 Å². The zero-order valence-electron chi connectivity index (χ0n) is 12.6. The predicted octanol–water partition coefficient (Wildman–Crippen LogP) is 4.26. The van der Waals surface area contributed by atoms with Crippen molar-refractivity contribution in [2.75, 3.05) is 6.54 Å². The lowest BCUT2D eigenvalue weighted by molar-refractivity contribution is 0.330. The molecule has 0 aliphatic carbocycles. The monoisotopic (exact) mass is 248 g/mol. The first kappa shape index (κ1) is 15.2. The van der Waals surface area contributed by atoms with Gasteiger partial charge in [0.15, 0.2) is 0 Å². The fourth-order valence-corrected chi connectivity index (χ4v) is 2.01. The Bertz CT molecular complexity index is 352. The molecule has 18 heavy (non-hydrogen) atoms. The minimum absolute atomic E-state index is 0.385. The van der Waals surface area contributed by atoms with E-state index in [1.807, 2.05) is 0 Å². The van der Waals surface area contributed by atoms with Gasteiger partial charge in [-0.25, -0.2) is 0 Å². The van der Waals surface area contributed by atoms with Crippen molar-refractivity contribution in [2.45, 2.75) is 59.9 Å². The van der Waals surface area contributed by atoms with Crippen molar-refractivity contribution in [3.05, 3.63) is 29.6 Å². The zero-order valence-corrected chi connectivity index (χ0v) is 12.6. The van der Waals surface area contributed by atoms with Crippen LogP contribution in [0.5, 0.6) is 0 Å². The number of nitrogens with one attached hydrogen (secondary N) is 1. The molecule has 1 aromatic rings. The first-order chi connectivity index (χ1) is 8.42. The van der Waals surface area contributed by atoms with Gasteiger partial charge >= 0.3 is 0 Å². The van der Waals surface area contributed by atoms with Gasteiger partial charge in [-0.2, -0.15) is 0 Å². The molecule has 0 amide bonds. The number of hydrogen-bond donors (Lipinski definition) is 1. The van der Waals surface area contributed by atoms with Crippen LogP contribution in [0.25, 0.3) is 0 Å². The molecule has 0 spiro atoms. The van der Waals surface area contributed by atoms with E-state index >= 15 is 0 Å². The molecule has 0 saturated carbocycles. The first-order valence-electron chi connectivity index (χ1n) is 7.09. The summed E-state index contributed by atoms with van der Waals surface area (Å²) in [6.45, 7) is 12.2. The Morgan fingerprint density at radius 2 is 2.00 bits per heavy atom. The third kappa shape index (κ3) is 5.63. The summed E-state index contributed by atoms with van der Waals surface area (Å²) in [4.78, 5) is 4.66. The van der Waals surface area contributed by atoms with E-state index in [2.05, 4.69) is 63.1 Å². The summed E-state index contributed by atoms with van der Waals surface area (Å²) in [5.74, 6) is 0. The molecule has 0 radical (unpaired) electrons. The van der Waals surface area contributed by atoms with E-state index < -0.39 is 0 Å². The molecule has 1 N–H and O–H groups in total. The highest BCUT2D eigenvalue weighted by Gasteiger charge is 2.17. The fourth-order valence-electron chi connectivity index (χ4n) is 2.01. The Balaban J connectivity index is 2.71. The summed E-state index contributed by atoms with van der Waals surface area (Å²) in [6.07, 6.45) is 3.53. The molecule has 0 bridgehead atoms. The second kappa shape index (κ2) is 6.89. The third-order valence-electron chi connectivity index (χ3n) is 3.09. The second-order valence-electron chi connectivity index (χ2n) is 6.31. The number of hydrogen-bond acceptors (Lipinski definition) is 2. The van der Waals surface area contributed by atoms with Crippen LogP contribution >= 0.6 is 0 Å². The minimum Gasteiger partial charge on any atom is -0.309 e. The van der Waals surface area contributed by atoms with Gasteiger partial charge in [0, 0.05) is 11.7 Å². The molecule has 1 atom stereocenters. The van der Waals surface area contributed by atoms with Crippen LogP contribution in [0, 0.1) is 12.3 Å². The van der Waals surface area contributed by atoms with Crippen LogP contribution in [0.3, 0.4) is 0 Å². The zero-order chi connectivity index (χ0) is 13.6. The van der Waals surface area contributed by atoms with Gasteiger partial charge in [0.2, 0.25) is 0 Å². The van der Waals surface area contributed by atoms with Crippen molar-refractivity contribution in [1.82, 2.24) is 10.3 Å². The summed E-state index contributed by atoms with van der Waals surface area (Å²) in [7, 11) is 0. The molecule has 1 aromatic heterocycles. The van der Waals surface area contributed by atoms with Gasteiger partial charge in [0.25, 0.3) is 0 Å². The van der Waals surface area contributed by atoms with Gasteiger partial charge in [0.05, 0.1) is 5.69 Å². The van der Waals surface area contributed by atoms with E-state index in [0.717, 1.165) is 25.1 Å². The molecule has 1 unspecified atom stereocenters. The highest BCUT2D eigenvalue weighted by molar-refractivity contribution is 5.13. The van der Waals surface area contributed by atoms with Crippen molar-refractivity contribution < 1.29 is 0 Å². The largest absolute Gasteiger partial charge is 0.309 e. The number of aromatic nitrogens is 1. The minimum atomic E-state index is 0.385. The van der Waals surface area contributed by atoms with Crippen molar-refractivity contribution in [2.24, 2.45) is 5.41 Å². The van der Waals surface area contributed by atoms with Gasteiger partial charge in [0.1, 0.15) is 0 Å². The number of nitrogens with zero attached hydrogens (tertiary/aromatic N) is 1. The topological polar surface area (TPSA) is 24.9 Å². The number of rotatable bonds is 6. The van der Waals surface area contributed by atoms with E-state index in [1.54, 1.807) is 0 Å². The molecule has 0 saturated heterocycles. The molecule has 0 aromatic carbocycles. The van der Waals surface area contributed by atoms with Crippen LogP contribution in [0.15, 0.2) is 18.2 Å². The molecule has 2 nitrogen and oxygen atoms in total. The lowest BCUT2D eigenvalue weighted by atomic mass is 9.88. The van der Waals surface area contributed by atoms with E-state index in [1.165, 1.54) is 12.1 Å². The maximum atomic E-state index is 4.66. The lowest BCUT2D eigenvalue weighted by Crippen LogP contribution is -2.24. The highest BCUT2D eigenvalue weighted by atomic mass is 14.9. The van der Waals surface area contributed by atoms with Crippen LogP contribution in [0.4, 0.5) is 0 Å². The fraction of sp³-hybridized carbons (Fsp3) is 0.688. The average molecular weight is 248 g/mol. The molecule has 0 fully saturated rings. The summed E-state index contributed by atoms with van der Waals surface area (Å²) in [6, 6.07) is 6.70. The van der Waals surface area contributed by atoms with Crippen molar-refractivity contribution >= 4 is 0 Å². The number of aryl methyl sites for hydroxylation is 1. The van der Waals surface area contributed by atoms with Gasteiger partial charge in [-0.05, 0) is 50.3 Å². The van der Waals surface area contributed by atoms with Gasteiger partial charge in [-0.15, -0.1) is 0 Å². The SMILES string of the molecule is CCCNC(CCC(C)(C)C)c1cccc(C)n1. The normalized spacial score (nSPS) is 13.6. The van der Waals surface area contributed by atoms with Crippen molar-refractivity contribution in [1.29, 1.82) is 0 Å². The molecular weight excluding hydrogens is 220 g/mol. The summed E-state index contributed by atoms with van der Waals surface area (Å²) in [5, 5.41) is 3.62. The van der Waals surface area contributed by atoms with Crippen LogP contribution in [0.2, 0.25) is 0 Å². The van der Waals surface area contributed by atoms with Crippen LogP contribution in [0.1, 0.15) is 64.4 Å². The Morgan fingerprint density at radius 1 is 1.28 bits per heavy atom. The van der Waals surface area contributed by atoms with Gasteiger partial charge < -0.3 is 5.32 Å². The average Bonchev–Trinajstić information content (AvgIpc) is 2.28.